The third-order valence-corrected chi connectivity index (χ3v) is 1.87. The van der Waals surface area contributed by atoms with E-state index >= 15 is 0 Å². The largest absolute Gasteiger partial charge is 0.469 e. The van der Waals surface area contributed by atoms with Gasteiger partial charge in [0.2, 0.25) is 0 Å². The first-order valence-electron chi connectivity index (χ1n) is 2.35. The molecule has 0 aliphatic rings. The van der Waals surface area contributed by atoms with Crippen LogP contribution in [0.4, 0.5) is 0 Å². The first-order valence-corrected chi connectivity index (χ1v) is 6.50. The molecule has 0 atom stereocenters. The fraction of sp³-hybridized carbons (Fsp3) is 1.00. The van der Waals surface area contributed by atoms with Crippen LogP contribution in [0.2, 0.25) is 0 Å². The van der Waals surface area contributed by atoms with Crippen LogP contribution in [0, 0.1) is 0 Å². The minimum Gasteiger partial charge on any atom is -0.325 e. The molecule has 0 spiro atoms. The number of hydrogen-bond donors (Lipinski definition) is 4. The van der Waals surface area contributed by atoms with Crippen LogP contribution in [0.25, 0.3) is 0 Å². The van der Waals surface area contributed by atoms with E-state index in [9.17, 15) is 4.57 Å². The fourth-order valence-corrected chi connectivity index (χ4v) is 0. The highest BCUT2D eigenvalue weighted by Gasteiger charge is 2.07. The van der Waals surface area contributed by atoms with E-state index in [0.29, 0.717) is 0 Å². The molecular weight excluding hydrogens is 230 g/mol. The van der Waals surface area contributed by atoms with Gasteiger partial charge in [0.15, 0.2) is 0 Å². The van der Waals surface area contributed by atoms with Crippen LogP contribution in [-0.4, -0.2) is 33.8 Å². The van der Waals surface area contributed by atoms with E-state index < -0.39 is 14.5 Å². The summed E-state index contributed by atoms with van der Waals surface area (Å²) in [5.41, 5.74) is 0. The zero-order valence-corrected chi connectivity index (χ0v) is 8.92. The number of phosphoric acid groups is 1. The van der Waals surface area contributed by atoms with E-state index in [1.54, 1.807) is 0 Å². The van der Waals surface area contributed by atoms with Crippen LogP contribution in [0.1, 0.15) is 0 Å². The third kappa shape index (κ3) is 22.4. The average Bonchev–Trinajstić information content (AvgIpc) is 1.86. The lowest BCUT2D eigenvalue weighted by Gasteiger charge is -1.98. The van der Waals surface area contributed by atoms with Crippen molar-refractivity contribution in [3.63, 3.8) is 0 Å². The van der Waals surface area contributed by atoms with E-state index in [1.807, 2.05) is 0 Å². The van der Waals surface area contributed by atoms with Gasteiger partial charge >= 0.3 is 14.5 Å². The molecule has 0 saturated heterocycles. The monoisotopic (exact) mass is 240 g/mol. The van der Waals surface area contributed by atoms with Crippen molar-refractivity contribution in [3.05, 3.63) is 0 Å². The predicted molar refractivity (Wildman–Crippen MR) is 44.8 cm³/mol. The van der Waals surface area contributed by atoms with Gasteiger partial charge in [0.1, 0.15) is 0 Å². The highest BCUT2D eigenvalue weighted by atomic mass is 32.5. The molecule has 0 aromatic rings. The highest BCUT2D eigenvalue weighted by molar-refractivity contribution is 8.06. The van der Waals surface area contributed by atoms with Crippen LogP contribution in [0.3, 0.4) is 0 Å². The molecule has 0 aromatic carbocycles. The molecule has 10 heteroatoms. The van der Waals surface area contributed by atoms with Crippen LogP contribution < -0.4 is 0 Å². The summed E-state index contributed by atoms with van der Waals surface area (Å²) in [7, 11) is -2.05. The third-order valence-electron chi connectivity index (χ3n) is 0.476. The molecule has 0 saturated carbocycles. The SMILES string of the molecule is COP(=O)(O)O.COP(O)(O)=S. The van der Waals surface area contributed by atoms with Gasteiger partial charge in [0, 0.05) is 14.2 Å². The highest BCUT2D eigenvalue weighted by Crippen LogP contribution is 2.34. The lowest BCUT2D eigenvalue weighted by molar-refractivity contribution is 0.235. The molecule has 0 aliphatic carbocycles. The minimum atomic E-state index is -4.15. The zero-order chi connectivity index (χ0) is 10.4. The Morgan fingerprint density at radius 2 is 1.25 bits per heavy atom. The molecule has 0 aromatic heterocycles. The Balaban J connectivity index is 0. The Morgan fingerprint density at radius 1 is 1.08 bits per heavy atom. The van der Waals surface area contributed by atoms with Crippen LogP contribution in [-0.2, 0) is 25.4 Å². The Morgan fingerprint density at radius 3 is 1.25 bits per heavy atom. The van der Waals surface area contributed by atoms with Crippen molar-refractivity contribution in [2.24, 2.45) is 0 Å². The van der Waals surface area contributed by atoms with Crippen molar-refractivity contribution in [2.75, 3.05) is 14.2 Å². The maximum atomic E-state index is 9.47. The molecular formula is C2H10O7P2S. The molecule has 0 radical (unpaired) electrons. The molecule has 0 rings (SSSR count). The van der Waals surface area contributed by atoms with E-state index in [2.05, 4.69) is 20.9 Å². The summed E-state index contributed by atoms with van der Waals surface area (Å²) >= 11 is 3.99. The van der Waals surface area contributed by atoms with Crippen LogP contribution >= 0.6 is 14.5 Å². The maximum absolute atomic E-state index is 9.47. The standard InChI is InChI=1S/CH5O4P.CH5O3PS/c1-5-6(2,3)4;1-4-5(2,3)6/h1H3,(H2,2,3,4);1H3,(H2,2,3,6). The summed E-state index contributed by atoms with van der Waals surface area (Å²) in [6.45, 7) is -3.31. The number of hydrogen-bond acceptors (Lipinski definition) is 4. The first-order chi connectivity index (χ1) is 5.12. The number of phosphoric ester groups is 1. The topological polar surface area (TPSA) is 116 Å². The van der Waals surface area contributed by atoms with Crippen molar-refractivity contribution in [3.8, 4) is 0 Å². The van der Waals surface area contributed by atoms with Crippen molar-refractivity contribution in [1.82, 2.24) is 0 Å². The Kier molecular flexibility index (Phi) is 7.75. The van der Waals surface area contributed by atoms with Crippen LogP contribution in [0.15, 0.2) is 0 Å². The van der Waals surface area contributed by atoms with E-state index in [4.69, 9.17) is 19.6 Å². The lowest BCUT2D eigenvalue weighted by atomic mass is 11.8. The molecule has 0 fully saturated rings. The molecule has 0 unspecified atom stereocenters. The van der Waals surface area contributed by atoms with Gasteiger partial charge in [-0.15, -0.1) is 0 Å². The summed E-state index contributed by atoms with van der Waals surface area (Å²) < 4.78 is 17.1. The minimum absolute atomic E-state index is 0.945. The molecule has 0 amide bonds. The second-order valence-corrected chi connectivity index (χ2v) is 5.47. The first kappa shape index (κ1) is 15.1. The van der Waals surface area contributed by atoms with Crippen molar-refractivity contribution < 1.29 is 33.2 Å². The second kappa shape index (κ2) is 6.15. The van der Waals surface area contributed by atoms with Gasteiger partial charge in [0.05, 0.1) is 0 Å². The summed E-state index contributed by atoms with van der Waals surface area (Å²) in [6.07, 6.45) is 0. The van der Waals surface area contributed by atoms with Gasteiger partial charge in [0.25, 0.3) is 0 Å². The smallest absolute Gasteiger partial charge is 0.325 e. The average molecular weight is 240 g/mol. The second-order valence-electron chi connectivity index (χ2n) is 1.35. The van der Waals surface area contributed by atoms with Gasteiger partial charge in [-0.05, 0) is 11.8 Å². The molecule has 7 nitrogen and oxygen atoms in total. The summed E-state index contributed by atoms with van der Waals surface area (Å²) in [6, 6.07) is 0. The van der Waals surface area contributed by atoms with Gasteiger partial charge in [-0.1, -0.05) is 0 Å². The maximum Gasteiger partial charge on any atom is 0.469 e. The van der Waals surface area contributed by atoms with E-state index in [0.717, 1.165) is 14.2 Å². The predicted octanol–water partition coefficient (Wildman–Crippen LogP) is -0.433. The molecule has 0 aliphatic heterocycles. The molecule has 0 bridgehead atoms. The van der Waals surface area contributed by atoms with Gasteiger partial charge < -0.3 is 24.1 Å². The van der Waals surface area contributed by atoms with Gasteiger partial charge in [-0.2, -0.15) is 0 Å². The molecule has 0 heterocycles. The molecule has 12 heavy (non-hydrogen) atoms. The molecule has 76 valence electrons. The van der Waals surface area contributed by atoms with Crippen LogP contribution in [0.5, 0.6) is 0 Å². The Labute approximate surface area is 74.4 Å². The Hall–Kier alpha value is 0.640. The van der Waals surface area contributed by atoms with Crippen molar-refractivity contribution in [2.45, 2.75) is 0 Å². The quantitative estimate of drug-likeness (QED) is 0.480. The Bertz CT molecular complexity index is 170. The van der Waals surface area contributed by atoms with E-state index in [-0.39, 0.29) is 0 Å². The summed E-state index contributed by atoms with van der Waals surface area (Å²) in [5.74, 6) is 0. The van der Waals surface area contributed by atoms with Gasteiger partial charge in [-0.3, -0.25) is 4.52 Å². The molecule has 4 N–H and O–H groups in total. The number of rotatable bonds is 2. The zero-order valence-electron chi connectivity index (χ0n) is 6.32. The van der Waals surface area contributed by atoms with Crippen molar-refractivity contribution >= 4 is 26.3 Å². The summed E-state index contributed by atoms with van der Waals surface area (Å²) in [4.78, 5) is 31.6. The van der Waals surface area contributed by atoms with Gasteiger partial charge in [-0.25, -0.2) is 4.57 Å². The normalized spacial score (nSPS) is 11.8. The van der Waals surface area contributed by atoms with E-state index in [1.165, 1.54) is 0 Å². The summed E-state index contributed by atoms with van der Waals surface area (Å²) in [5, 5.41) is 0. The van der Waals surface area contributed by atoms with Crippen molar-refractivity contribution in [1.29, 1.82) is 0 Å². The lowest BCUT2D eigenvalue weighted by Crippen LogP contribution is -1.76. The fourth-order valence-electron chi connectivity index (χ4n) is 0.